The zero-order chi connectivity index (χ0) is 18.8. The van der Waals surface area contributed by atoms with Gasteiger partial charge in [0.1, 0.15) is 0 Å². The predicted molar refractivity (Wildman–Crippen MR) is 108 cm³/mol. The predicted octanol–water partition coefficient (Wildman–Crippen LogP) is 5.83. The highest BCUT2D eigenvalue weighted by Gasteiger charge is 2.46. The van der Waals surface area contributed by atoms with Crippen LogP contribution in [-0.2, 0) is 17.4 Å². The lowest BCUT2D eigenvalue weighted by Gasteiger charge is -2.38. The summed E-state index contributed by atoms with van der Waals surface area (Å²) in [6, 6.07) is 3.70. The van der Waals surface area contributed by atoms with E-state index in [1.165, 1.54) is 0 Å². The summed E-state index contributed by atoms with van der Waals surface area (Å²) in [6.45, 7) is 18.3. The smallest absolute Gasteiger partial charge is 0.343 e. The first-order chi connectivity index (χ1) is 10.6. The van der Waals surface area contributed by atoms with Gasteiger partial charge >= 0.3 is 7.60 Å². The molecule has 0 aliphatic carbocycles. The van der Waals surface area contributed by atoms with E-state index in [2.05, 4.69) is 24.6 Å². The molecule has 0 aliphatic rings. The van der Waals surface area contributed by atoms with Gasteiger partial charge in [0.25, 0.3) is 0 Å². The van der Waals surface area contributed by atoms with Crippen molar-refractivity contribution >= 4 is 32.5 Å². The molecule has 0 aromatic carbocycles. The summed E-state index contributed by atoms with van der Waals surface area (Å²) in [5.41, 5.74) is 0.750. The van der Waals surface area contributed by atoms with Gasteiger partial charge in [0.05, 0.1) is 0 Å². The van der Waals surface area contributed by atoms with E-state index in [-0.39, 0.29) is 0 Å². The second kappa shape index (κ2) is 7.65. The van der Waals surface area contributed by atoms with Crippen LogP contribution in [0.4, 0.5) is 0 Å². The Balaban J connectivity index is 3.41. The average molecular weight is 406 g/mol. The van der Waals surface area contributed by atoms with Crippen molar-refractivity contribution in [2.45, 2.75) is 64.8 Å². The van der Waals surface area contributed by atoms with Gasteiger partial charge in [0, 0.05) is 18.0 Å². The van der Waals surface area contributed by atoms with E-state index >= 15 is 0 Å². The first-order valence-corrected chi connectivity index (χ1v) is 20.0. The molecule has 0 radical (unpaired) electrons. The Labute approximate surface area is 150 Å². The van der Waals surface area contributed by atoms with Crippen molar-refractivity contribution in [1.29, 1.82) is 0 Å². The van der Waals surface area contributed by atoms with Crippen molar-refractivity contribution in [2.24, 2.45) is 0 Å². The highest BCUT2D eigenvalue weighted by Crippen LogP contribution is 2.64. The van der Waals surface area contributed by atoms with Crippen LogP contribution in [0.25, 0.3) is 0 Å². The molecule has 0 amide bonds. The van der Waals surface area contributed by atoms with Crippen LogP contribution in [0.2, 0.25) is 58.9 Å². The van der Waals surface area contributed by atoms with Crippen molar-refractivity contribution in [3.8, 4) is 0 Å². The number of hydrogen-bond donors (Lipinski definition) is 0. The quantitative estimate of drug-likeness (QED) is 0.402. The first kappa shape index (κ1) is 22.0. The lowest BCUT2D eigenvalue weighted by Crippen LogP contribution is -2.35. The van der Waals surface area contributed by atoms with Gasteiger partial charge in [0.2, 0.25) is 0 Å². The van der Waals surface area contributed by atoms with E-state index in [9.17, 15) is 4.57 Å². The summed E-state index contributed by atoms with van der Waals surface area (Å²) < 4.78 is 32.5. The van der Waals surface area contributed by atoms with Crippen LogP contribution in [0, 0.1) is 0 Å². The van der Waals surface area contributed by atoms with Gasteiger partial charge in [0.15, 0.2) is 30.8 Å². The second-order valence-corrected chi connectivity index (χ2v) is 24.7. The third-order valence-electron chi connectivity index (χ3n) is 2.52. The highest BCUT2D eigenvalue weighted by molar-refractivity contribution is 7.57. The van der Waals surface area contributed by atoms with E-state index in [1.54, 1.807) is 12.4 Å². The second-order valence-electron chi connectivity index (χ2n) is 8.82. The maximum atomic E-state index is 13.9. The van der Waals surface area contributed by atoms with Crippen LogP contribution in [0.3, 0.4) is 0 Å². The summed E-state index contributed by atoms with van der Waals surface area (Å²) in [4.78, 5) is 4.17. The molecular weight excluding hydrogens is 373 g/mol. The maximum Gasteiger partial charge on any atom is 0.343 e. The molecule has 0 saturated carbocycles. The molecule has 1 heterocycles. The standard InChI is InChI=1S/C15H32NO4PSi3/c1-22(2,3)18-15(14-11-10-12-16-13-14)21(17,19-23(4,5)6)20-24(7,8)9/h10-13,15H,1-9H3. The molecule has 1 rings (SSSR count). The Kier molecular flexibility index (Phi) is 7.00. The fourth-order valence-electron chi connectivity index (χ4n) is 2.05. The molecule has 0 bridgehead atoms. The molecule has 5 nitrogen and oxygen atoms in total. The Hall–Kier alpha value is -0.0894. The zero-order valence-corrected chi connectivity index (χ0v) is 20.3. The summed E-state index contributed by atoms with van der Waals surface area (Å²) in [5.74, 6) is -0.726. The van der Waals surface area contributed by atoms with Crippen LogP contribution >= 0.6 is 7.60 Å². The Morgan fingerprint density at radius 3 is 1.75 bits per heavy atom. The van der Waals surface area contributed by atoms with Crippen LogP contribution in [0.1, 0.15) is 11.4 Å². The molecule has 24 heavy (non-hydrogen) atoms. The molecule has 0 aliphatic heterocycles. The fraction of sp³-hybridized carbons (Fsp3) is 0.667. The van der Waals surface area contributed by atoms with E-state index in [0.29, 0.717) is 0 Å². The third-order valence-corrected chi connectivity index (χ3v) is 11.1. The molecule has 1 atom stereocenters. The van der Waals surface area contributed by atoms with Crippen LogP contribution < -0.4 is 0 Å². The number of pyridine rings is 1. The number of aromatic nitrogens is 1. The summed E-state index contributed by atoms with van der Waals surface area (Å²) >= 11 is 0. The Morgan fingerprint density at radius 2 is 1.42 bits per heavy atom. The summed E-state index contributed by atoms with van der Waals surface area (Å²) in [7, 11) is -9.72. The Morgan fingerprint density at radius 1 is 0.917 bits per heavy atom. The van der Waals surface area contributed by atoms with Gasteiger partial charge in [-0.05, 0) is 65.0 Å². The van der Waals surface area contributed by atoms with Gasteiger partial charge in [-0.2, -0.15) is 0 Å². The van der Waals surface area contributed by atoms with Crippen molar-refractivity contribution in [3.63, 3.8) is 0 Å². The average Bonchev–Trinajstić information content (AvgIpc) is 2.31. The largest absolute Gasteiger partial charge is 0.400 e. The van der Waals surface area contributed by atoms with Crippen LogP contribution in [-0.4, -0.2) is 29.9 Å². The topological polar surface area (TPSA) is 57.7 Å². The molecule has 0 saturated heterocycles. The molecule has 0 spiro atoms. The monoisotopic (exact) mass is 405 g/mol. The number of hydrogen-bond acceptors (Lipinski definition) is 5. The molecule has 0 fully saturated rings. The van der Waals surface area contributed by atoms with Crippen molar-refractivity contribution < 1.29 is 17.4 Å². The first-order valence-electron chi connectivity index (χ1n) is 8.20. The van der Waals surface area contributed by atoms with Gasteiger partial charge in [-0.15, -0.1) is 0 Å². The molecular formula is C15H32NO4PSi3. The van der Waals surface area contributed by atoms with E-state index < -0.39 is 38.4 Å². The van der Waals surface area contributed by atoms with E-state index in [0.717, 1.165) is 5.56 Å². The zero-order valence-electron chi connectivity index (χ0n) is 16.4. The van der Waals surface area contributed by atoms with Crippen molar-refractivity contribution in [2.75, 3.05) is 0 Å². The molecule has 138 valence electrons. The molecule has 0 N–H and O–H groups in total. The number of rotatable bonds is 8. The van der Waals surface area contributed by atoms with Crippen molar-refractivity contribution in [1.82, 2.24) is 4.98 Å². The number of nitrogens with zero attached hydrogens (tertiary/aromatic N) is 1. The minimum atomic E-state index is -3.49. The minimum absolute atomic E-state index is 0.726. The maximum absolute atomic E-state index is 13.9. The van der Waals surface area contributed by atoms with Crippen LogP contribution in [0.5, 0.6) is 0 Å². The SMILES string of the molecule is C[Si](C)(C)OC(c1cccnc1)P(=O)(O[Si](C)(C)C)O[Si](C)(C)C. The molecule has 1 aromatic heterocycles. The van der Waals surface area contributed by atoms with E-state index in [1.807, 2.05) is 51.4 Å². The minimum Gasteiger partial charge on any atom is -0.400 e. The molecule has 1 unspecified atom stereocenters. The van der Waals surface area contributed by atoms with Crippen molar-refractivity contribution in [3.05, 3.63) is 30.1 Å². The molecule has 9 heteroatoms. The highest BCUT2D eigenvalue weighted by atomic mass is 31.2. The molecule has 1 aromatic rings. The summed E-state index contributed by atoms with van der Waals surface area (Å²) in [6.07, 6.45) is 3.39. The normalized spacial score (nSPS) is 15.4. The van der Waals surface area contributed by atoms with Crippen LogP contribution in [0.15, 0.2) is 24.5 Å². The van der Waals surface area contributed by atoms with Gasteiger partial charge in [-0.25, -0.2) is 0 Å². The van der Waals surface area contributed by atoms with Gasteiger partial charge in [-0.1, -0.05) is 6.07 Å². The Bertz CT molecular complexity index is 559. The van der Waals surface area contributed by atoms with E-state index in [4.69, 9.17) is 12.9 Å². The summed E-state index contributed by atoms with van der Waals surface area (Å²) in [5, 5.41) is 0. The van der Waals surface area contributed by atoms with Gasteiger partial charge < -0.3 is 12.9 Å². The fourth-order valence-corrected chi connectivity index (χ4v) is 12.2. The lowest BCUT2D eigenvalue weighted by molar-refractivity contribution is 0.225. The lowest BCUT2D eigenvalue weighted by atomic mass is 10.3. The van der Waals surface area contributed by atoms with Gasteiger partial charge in [-0.3, -0.25) is 9.55 Å². The third kappa shape index (κ3) is 7.86.